The molecule has 0 saturated carbocycles. The molecule has 0 unspecified atom stereocenters. The molecule has 3 aromatic rings. The van der Waals surface area contributed by atoms with E-state index in [9.17, 15) is 4.79 Å². The lowest BCUT2D eigenvalue weighted by Crippen LogP contribution is -2.16. The lowest BCUT2D eigenvalue weighted by Gasteiger charge is -2.14. The van der Waals surface area contributed by atoms with E-state index in [0.29, 0.717) is 11.6 Å². The van der Waals surface area contributed by atoms with Crippen molar-refractivity contribution in [2.24, 2.45) is 0 Å². The minimum Gasteiger partial charge on any atom is -0.468 e. The van der Waals surface area contributed by atoms with Crippen molar-refractivity contribution in [1.82, 2.24) is 14.8 Å². The Labute approximate surface area is 157 Å². The Morgan fingerprint density at radius 1 is 1.12 bits per heavy atom. The fraction of sp³-hybridized carbons (Fsp3) is 0.250. The van der Waals surface area contributed by atoms with Crippen molar-refractivity contribution in [3.63, 3.8) is 0 Å². The summed E-state index contributed by atoms with van der Waals surface area (Å²) in [7, 11) is 1.40. The molecule has 5 nitrogen and oxygen atoms in total. The minimum atomic E-state index is -0.364. The summed E-state index contributed by atoms with van der Waals surface area (Å²) in [6, 6.07) is 18.3. The maximum absolute atomic E-state index is 11.8. The van der Waals surface area contributed by atoms with Crippen molar-refractivity contribution in [3.05, 3.63) is 71.5 Å². The molecule has 0 bridgehead atoms. The Hall–Kier alpha value is -2.60. The Bertz CT molecular complexity index is 893. The highest BCUT2D eigenvalue weighted by atomic mass is 32.2. The molecule has 0 fully saturated rings. The highest BCUT2D eigenvalue weighted by Crippen LogP contribution is 2.28. The second-order valence-corrected chi connectivity index (χ2v) is 7.27. The van der Waals surface area contributed by atoms with Gasteiger partial charge in [-0.25, -0.2) is 0 Å². The van der Waals surface area contributed by atoms with Gasteiger partial charge in [0.05, 0.1) is 12.8 Å². The van der Waals surface area contributed by atoms with Crippen LogP contribution in [-0.4, -0.2) is 33.1 Å². The maximum Gasteiger partial charge on any atom is 0.318 e. The molecule has 0 aliphatic carbocycles. The number of esters is 1. The number of methoxy groups -OCH3 is 1. The van der Waals surface area contributed by atoms with Crippen molar-refractivity contribution in [3.8, 4) is 5.69 Å². The number of benzene rings is 2. The van der Waals surface area contributed by atoms with Gasteiger partial charge in [-0.15, -0.1) is 10.2 Å². The molecular weight excluding hydrogens is 346 g/mol. The molecule has 2 aromatic carbocycles. The van der Waals surface area contributed by atoms with Gasteiger partial charge in [-0.05, 0) is 31.0 Å². The van der Waals surface area contributed by atoms with E-state index in [-0.39, 0.29) is 11.2 Å². The summed E-state index contributed by atoms with van der Waals surface area (Å²) < 4.78 is 6.87. The van der Waals surface area contributed by atoms with Gasteiger partial charge in [0.15, 0.2) is 5.16 Å². The molecule has 1 atom stereocenters. The van der Waals surface area contributed by atoms with E-state index >= 15 is 0 Å². The number of thioether (sulfide) groups is 1. The van der Waals surface area contributed by atoms with Crippen LogP contribution in [0, 0.1) is 6.92 Å². The van der Waals surface area contributed by atoms with Crippen LogP contribution >= 0.6 is 11.8 Å². The molecule has 6 heteroatoms. The Balaban J connectivity index is 2.02. The highest BCUT2D eigenvalue weighted by Gasteiger charge is 2.22. The molecule has 1 aromatic heterocycles. The molecular formula is C20H21N3O2S. The summed E-state index contributed by atoms with van der Waals surface area (Å²) in [5, 5.41) is 9.08. The molecule has 0 N–H and O–H groups in total. The van der Waals surface area contributed by atoms with Crippen LogP contribution in [0.1, 0.15) is 23.9 Å². The van der Waals surface area contributed by atoms with Crippen LogP contribution in [-0.2, 0) is 16.0 Å². The van der Waals surface area contributed by atoms with Crippen LogP contribution in [0.5, 0.6) is 0 Å². The average Bonchev–Trinajstić information content (AvgIpc) is 3.04. The third-order valence-corrected chi connectivity index (χ3v) is 5.10. The Morgan fingerprint density at radius 2 is 1.81 bits per heavy atom. The molecule has 3 rings (SSSR count). The second-order valence-electron chi connectivity index (χ2n) is 5.97. The van der Waals surface area contributed by atoms with E-state index < -0.39 is 0 Å². The third-order valence-electron chi connectivity index (χ3n) is 4.08. The van der Waals surface area contributed by atoms with Gasteiger partial charge in [-0.2, -0.15) is 0 Å². The largest absolute Gasteiger partial charge is 0.468 e. The number of hydrogen-bond acceptors (Lipinski definition) is 5. The van der Waals surface area contributed by atoms with Crippen LogP contribution < -0.4 is 0 Å². The van der Waals surface area contributed by atoms with E-state index in [1.165, 1.54) is 18.9 Å². The molecule has 0 saturated heterocycles. The monoisotopic (exact) mass is 367 g/mol. The summed E-state index contributed by atoms with van der Waals surface area (Å²) in [6.07, 6.45) is 0.662. The van der Waals surface area contributed by atoms with Crippen molar-refractivity contribution in [1.29, 1.82) is 0 Å². The van der Waals surface area contributed by atoms with E-state index in [4.69, 9.17) is 4.74 Å². The quantitative estimate of drug-likeness (QED) is 0.490. The van der Waals surface area contributed by atoms with Crippen LogP contribution in [0.25, 0.3) is 5.69 Å². The van der Waals surface area contributed by atoms with Crippen molar-refractivity contribution in [2.75, 3.05) is 7.11 Å². The Kier molecular flexibility index (Phi) is 5.73. The fourth-order valence-corrected chi connectivity index (χ4v) is 3.60. The van der Waals surface area contributed by atoms with Gasteiger partial charge in [-0.3, -0.25) is 9.36 Å². The normalized spacial score (nSPS) is 12.0. The summed E-state index contributed by atoms with van der Waals surface area (Å²) in [6.45, 7) is 3.87. The lowest BCUT2D eigenvalue weighted by molar-refractivity contribution is -0.139. The molecule has 1 heterocycles. The number of aryl methyl sites for hydroxylation is 1. The summed E-state index contributed by atoms with van der Waals surface area (Å²) in [5.74, 6) is 0.559. The summed E-state index contributed by atoms with van der Waals surface area (Å²) in [4.78, 5) is 11.8. The third kappa shape index (κ3) is 3.96. The number of nitrogens with zero attached hydrogens (tertiary/aromatic N) is 3. The predicted molar refractivity (Wildman–Crippen MR) is 103 cm³/mol. The number of carbonyl (C=O) groups is 1. The van der Waals surface area contributed by atoms with E-state index in [1.54, 1.807) is 0 Å². The lowest BCUT2D eigenvalue weighted by atomic mass is 10.1. The van der Waals surface area contributed by atoms with Crippen molar-refractivity contribution >= 4 is 17.7 Å². The number of para-hydroxylation sites is 1. The zero-order valence-electron chi connectivity index (χ0n) is 15.0. The summed E-state index contributed by atoms with van der Waals surface area (Å²) >= 11 is 1.35. The molecule has 26 heavy (non-hydrogen) atoms. The second kappa shape index (κ2) is 8.19. The molecule has 0 amide bonds. The van der Waals surface area contributed by atoms with E-state index in [1.807, 2.05) is 47.9 Å². The topological polar surface area (TPSA) is 57.0 Å². The van der Waals surface area contributed by atoms with Gasteiger partial charge in [0.2, 0.25) is 0 Å². The van der Waals surface area contributed by atoms with Crippen molar-refractivity contribution < 1.29 is 9.53 Å². The van der Waals surface area contributed by atoms with E-state index in [2.05, 4.69) is 35.3 Å². The number of ether oxygens (including phenoxy) is 1. The van der Waals surface area contributed by atoms with Gasteiger partial charge < -0.3 is 4.74 Å². The zero-order chi connectivity index (χ0) is 18.5. The smallest absolute Gasteiger partial charge is 0.318 e. The van der Waals surface area contributed by atoms with Gasteiger partial charge in [0.1, 0.15) is 11.1 Å². The predicted octanol–water partition coefficient (Wildman–Crippen LogP) is 3.82. The van der Waals surface area contributed by atoms with Crippen LogP contribution in [0.15, 0.2) is 59.8 Å². The van der Waals surface area contributed by atoms with Gasteiger partial charge >= 0.3 is 5.97 Å². The van der Waals surface area contributed by atoms with Crippen LogP contribution in [0.4, 0.5) is 0 Å². The number of rotatable bonds is 6. The highest BCUT2D eigenvalue weighted by molar-refractivity contribution is 8.00. The van der Waals surface area contributed by atoms with Gasteiger partial charge in [0, 0.05) is 6.42 Å². The maximum atomic E-state index is 11.8. The first-order chi connectivity index (χ1) is 12.6. The van der Waals surface area contributed by atoms with E-state index in [0.717, 1.165) is 22.6 Å². The zero-order valence-corrected chi connectivity index (χ0v) is 15.9. The van der Waals surface area contributed by atoms with Crippen molar-refractivity contribution in [2.45, 2.75) is 30.7 Å². The number of aromatic nitrogens is 3. The first-order valence-electron chi connectivity index (χ1n) is 8.39. The number of hydrogen-bond donors (Lipinski definition) is 0. The summed E-state index contributed by atoms with van der Waals surface area (Å²) in [5.41, 5.74) is 3.30. The molecule has 134 valence electrons. The SMILES string of the molecule is COC(=O)[C@H](C)Sc1nnc(Cc2ccccc2)n1-c1ccccc1C. The first kappa shape index (κ1) is 18.2. The Morgan fingerprint density at radius 3 is 2.50 bits per heavy atom. The van der Waals surface area contributed by atoms with Crippen LogP contribution in [0.2, 0.25) is 0 Å². The number of carbonyl (C=O) groups excluding carboxylic acids is 1. The molecule has 0 aliphatic heterocycles. The van der Waals surface area contributed by atoms with Crippen LogP contribution in [0.3, 0.4) is 0 Å². The minimum absolute atomic E-state index is 0.279. The molecule has 0 spiro atoms. The average molecular weight is 367 g/mol. The fourth-order valence-electron chi connectivity index (χ4n) is 2.70. The standard InChI is InChI=1S/C20H21N3O2S/c1-14-9-7-8-12-17(14)23-18(13-16-10-5-4-6-11-16)21-22-20(23)26-15(2)19(24)25-3/h4-12,15H,13H2,1-3H3/t15-/m0/s1. The molecule has 0 aliphatic rings. The van der Waals surface area contributed by atoms with Gasteiger partial charge in [0.25, 0.3) is 0 Å². The van der Waals surface area contributed by atoms with Gasteiger partial charge in [-0.1, -0.05) is 60.3 Å². The first-order valence-corrected chi connectivity index (χ1v) is 9.27. The molecule has 0 radical (unpaired) electrons.